The number of allylic oxidation sites excluding steroid dienone is 1. The van der Waals surface area contributed by atoms with Gasteiger partial charge in [0.05, 0.1) is 6.61 Å². The van der Waals surface area contributed by atoms with Crippen molar-refractivity contribution in [2.75, 3.05) is 12.4 Å². The summed E-state index contributed by atoms with van der Waals surface area (Å²) in [6.07, 6.45) is 5.91. The first-order chi connectivity index (χ1) is 11.3. The maximum absolute atomic E-state index is 12.0. The van der Waals surface area contributed by atoms with Crippen molar-refractivity contribution in [2.45, 2.75) is 52.9 Å². The van der Waals surface area contributed by atoms with Crippen LogP contribution in [0.3, 0.4) is 0 Å². The van der Waals surface area contributed by atoms with Crippen LogP contribution < -0.4 is 5.32 Å². The quantitative estimate of drug-likeness (QED) is 0.345. The van der Waals surface area contributed by atoms with E-state index in [2.05, 4.69) is 5.32 Å². The minimum absolute atomic E-state index is 0.00500. The summed E-state index contributed by atoms with van der Waals surface area (Å²) in [6.45, 7) is 6.52. The number of ether oxygens (including phenoxy) is 1. The number of aliphatic carboxylic acids is 1. The van der Waals surface area contributed by atoms with E-state index >= 15 is 0 Å². The number of carbonyl (C=O) groups is 2. The number of carboxylic acid groups (broad SMARTS) is 1. The summed E-state index contributed by atoms with van der Waals surface area (Å²) in [5.74, 6) is -0.442. The number of rotatable bonds is 10. The molecule has 0 aliphatic heterocycles. The van der Waals surface area contributed by atoms with Gasteiger partial charge in [-0.15, -0.1) is 0 Å². The van der Waals surface area contributed by atoms with Crippen molar-refractivity contribution in [2.24, 2.45) is 11.3 Å². The molecule has 0 radical (unpaired) electrons. The van der Waals surface area contributed by atoms with Crippen LogP contribution in [0.1, 0.15) is 52.9 Å². The third-order valence-corrected chi connectivity index (χ3v) is 5.31. The average Bonchev–Trinajstić information content (AvgIpc) is 3.13. The van der Waals surface area contributed by atoms with E-state index in [1.807, 2.05) is 20.8 Å². The van der Waals surface area contributed by atoms with E-state index in [1.54, 1.807) is 6.08 Å². The first-order valence-electron chi connectivity index (χ1n) is 8.31. The summed E-state index contributed by atoms with van der Waals surface area (Å²) in [5, 5.41) is 11.7. The van der Waals surface area contributed by atoms with Crippen LogP contribution in [0.25, 0.3) is 0 Å². The molecule has 24 heavy (non-hydrogen) atoms. The van der Waals surface area contributed by atoms with Crippen LogP contribution in [0.5, 0.6) is 0 Å². The number of amides is 1. The second kappa shape index (κ2) is 10.0. The van der Waals surface area contributed by atoms with Crippen molar-refractivity contribution in [3.8, 4) is 0 Å². The molecule has 1 fully saturated rings. The maximum Gasteiger partial charge on any atom is 0.352 e. The Morgan fingerprint density at radius 1 is 1.38 bits per heavy atom. The molecule has 1 rings (SSSR count). The zero-order valence-corrected chi connectivity index (χ0v) is 16.2. The monoisotopic (exact) mass is 373 g/mol. The average molecular weight is 374 g/mol. The molecule has 0 aromatic heterocycles. The number of carboxylic acids is 1. The number of hydrogen-bond acceptors (Lipinski definition) is 5. The highest BCUT2D eigenvalue weighted by Crippen LogP contribution is 2.51. The van der Waals surface area contributed by atoms with Gasteiger partial charge in [0.15, 0.2) is 0 Å². The lowest BCUT2D eigenvalue weighted by molar-refractivity contribution is -0.135. The molecule has 1 amide bonds. The van der Waals surface area contributed by atoms with Crippen LogP contribution >= 0.6 is 24.0 Å². The van der Waals surface area contributed by atoms with Gasteiger partial charge in [0.25, 0.3) is 0 Å². The van der Waals surface area contributed by atoms with Crippen molar-refractivity contribution >= 4 is 40.2 Å². The largest absolute Gasteiger partial charge is 0.479 e. The smallest absolute Gasteiger partial charge is 0.352 e. The van der Waals surface area contributed by atoms with Crippen LogP contribution in [0.4, 0.5) is 0 Å². The van der Waals surface area contributed by atoms with E-state index in [0.717, 1.165) is 31.4 Å². The van der Waals surface area contributed by atoms with Gasteiger partial charge in [-0.1, -0.05) is 38.1 Å². The molecule has 5 nitrogen and oxygen atoms in total. The molecular formula is C17H27NO4S2. The van der Waals surface area contributed by atoms with E-state index in [0.29, 0.717) is 17.4 Å². The van der Waals surface area contributed by atoms with Gasteiger partial charge >= 0.3 is 5.97 Å². The van der Waals surface area contributed by atoms with E-state index in [4.69, 9.17) is 17.0 Å². The number of thioether (sulfide) groups is 1. The fraction of sp³-hybridized carbons (Fsp3) is 0.706. The molecule has 1 aliphatic rings. The molecule has 0 aromatic rings. The number of thiocarbonyl (C=S) groups is 1. The Morgan fingerprint density at radius 2 is 2.04 bits per heavy atom. The molecule has 0 aromatic carbocycles. The van der Waals surface area contributed by atoms with Gasteiger partial charge in [-0.05, 0) is 50.2 Å². The van der Waals surface area contributed by atoms with Crippen molar-refractivity contribution in [1.82, 2.24) is 5.32 Å². The highest BCUT2D eigenvalue weighted by molar-refractivity contribution is 8.22. The molecule has 0 heterocycles. The molecule has 7 heteroatoms. The van der Waals surface area contributed by atoms with E-state index < -0.39 is 5.97 Å². The Kier molecular flexibility index (Phi) is 8.76. The molecule has 1 unspecified atom stereocenters. The Morgan fingerprint density at radius 3 is 2.58 bits per heavy atom. The van der Waals surface area contributed by atoms with Crippen molar-refractivity contribution in [3.63, 3.8) is 0 Å². The minimum atomic E-state index is -1.08. The topological polar surface area (TPSA) is 75.6 Å². The molecule has 0 bridgehead atoms. The molecule has 1 atom stereocenters. The van der Waals surface area contributed by atoms with Crippen molar-refractivity contribution < 1.29 is 19.4 Å². The van der Waals surface area contributed by atoms with Gasteiger partial charge in [0, 0.05) is 11.7 Å². The minimum Gasteiger partial charge on any atom is -0.479 e. The SMILES string of the molecule is CCOC(=S)SCCCCC/C=C(/NC(=O)C1CC1(C)C)C(=O)O. The first-order valence-corrected chi connectivity index (χ1v) is 9.71. The lowest BCUT2D eigenvalue weighted by Gasteiger charge is -2.07. The highest BCUT2D eigenvalue weighted by atomic mass is 32.2. The van der Waals surface area contributed by atoms with Crippen LogP contribution in [-0.2, 0) is 14.3 Å². The van der Waals surface area contributed by atoms with Gasteiger partial charge in [0.2, 0.25) is 10.3 Å². The molecule has 136 valence electrons. The maximum atomic E-state index is 12.0. The lowest BCUT2D eigenvalue weighted by atomic mass is 10.1. The summed E-state index contributed by atoms with van der Waals surface area (Å²) < 4.78 is 5.76. The highest BCUT2D eigenvalue weighted by Gasteiger charge is 2.50. The fourth-order valence-electron chi connectivity index (χ4n) is 2.31. The summed E-state index contributed by atoms with van der Waals surface area (Å²) >= 11 is 6.56. The lowest BCUT2D eigenvalue weighted by Crippen LogP contribution is -2.29. The van der Waals surface area contributed by atoms with Crippen molar-refractivity contribution in [1.29, 1.82) is 0 Å². The predicted molar refractivity (Wildman–Crippen MR) is 101 cm³/mol. The second-order valence-corrected chi connectivity index (χ2v) is 8.24. The van der Waals surface area contributed by atoms with Gasteiger partial charge in [-0.2, -0.15) is 0 Å². The van der Waals surface area contributed by atoms with E-state index in [9.17, 15) is 14.7 Å². The summed E-state index contributed by atoms with van der Waals surface area (Å²) in [4.78, 5) is 23.2. The zero-order valence-electron chi connectivity index (χ0n) is 14.6. The van der Waals surface area contributed by atoms with Crippen molar-refractivity contribution in [3.05, 3.63) is 11.8 Å². The Hall–Kier alpha value is -1.08. The second-order valence-electron chi connectivity index (χ2n) is 6.54. The number of nitrogens with one attached hydrogen (secondary N) is 1. The van der Waals surface area contributed by atoms with Crippen LogP contribution in [0.15, 0.2) is 11.8 Å². The Balaban J connectivity index is 2.23. The predicted octanol–water partition coefficient (Wildman–Crippen LogP) is 3.73. The fourth-order valence-corrected chi connectivity index (χ4v) is 3.40. The van der Waals surface area contributed by atoms with Crippen LogP contribution in [0.2, 0.25) is 0 Å². The zero-order chi connectivity index (χ0) is 18.2. The number of carbonyl (C=O) groups excluding carboxylic acids is 1. The third-order valence-electron chi connectivity index (χ3n) is 4.00. The molecule has 1 saturated carbocycles. The van der Waals surface area contributed by atoms with Crippen LogP contribution in [-0.4, -0.2) is 33.7 Å². The number of unbranched alkanes of at least 4 members (excludes halogenated alkanes) is 3. The van der Waals surface area contributed by atoms with Gasteiger partial charge in [-0.3, -0.25) is 4.79 Å². The molecular weight excluding hydrogens is 346 g/mol. The summed E-state index contributed by atoms with van der Waals surface area (Å²) in [7, 11) is 0. The standard InChI is InChI=1S/C17H27NO4S2/c1-4-22-16(23)24-10-8-6-5-7-9-13(15(20)21)18-14(19)12-11-17(12,2)3/h9,12H,4-8,10-11H2,1-3H3,(H,18,19)(H,20,21)/b13-9+. The number of hydrogen-bond donors (Lipinski definition) is 2. The molecule has 2 N–H and O–H groups in total. The van der Waals surface area contributed by atoms with Gasteiger partial charge in [-0.25, -0.2) is 4.79 Å². The third kappa shape index (κ3) is 7.66. The Bertz CT molecular complexity index is 503. The van der Waals surface area contributed by atoms with E-state index in [1.165, 1.54) is 11.8 Å². The Labute approximate surface area is 153 Å². The molecule has 0 saturated heterocycles. The molecule has 0 spiro atoms. The van der Waals surface area contributed by atoms with Gasteiger partial charge in [0.1, 0.15) is 5.70 Å². The van der Waals surface area contributed by atoms with Gasteiger partial charge < -0.3 is 15.2 Å². The normalized spacial score (nSPS) is 18.8. The summed E-state index contributed by atoms with van der Waals surface area (Å²) in [5.41, 5.74) is -0.0115. The van der Waals surface area contributed by atoms with E-state index in [-0.39, 0.29) is 22.9 Å². The summed E-state index contributed by atoms with van der Waals surface area (Å²) in [6, 6.07) is 0. The first kappa shape index (κ1) is 21.0. The van der Waals surface area contributed by atoms with Crippen LogP contribution in [0, 0.1) is 11.3 Å². The molecule has 1 aliphatic carbocycles.